The molecule has 0 radical (unpaired) electrons. The highest BCUT2D eigenvalue weighted by molar-refractivity contribution is 5.91. The van der Waals surface area contributed by atoms with Gasteiger partial charge in [0.2, 0.25) is 0 Å². The molecule has 0 heterocycles. The van der Waals surface area contributed by atoms with Crippen molar-refractivity contribution in [1.82, 2.24) is 0 Å². The van der Waals surface area contributed by atoms with E-state index in [0.717, 1.165) is 5.56 Å². The van der Waals surface area contributed by atoms with Crippen molar-refractivity contribution >= 4 is 29.2 Å². The smallest absolute Gasteiger partial charge is 0.414 e. The molecule has 0 bridgehead atoms. The van der Waals surface area contributed by atoms with Crippen molar-refractivity contribution in [1.29, 1.82) is 0 Å². The highest BCUT2D eigenvalue weighted by Crippen LogP contribution is 2.29. The van der Waals surface area contributed by atoms with Gasteiger partial charge >= 0.3 is 12.2 Å². The first-order chi connectivity index (χ1) is 14.7. The van der Waals surface area contributed by atoms with E-state index < -0.39 is 23.4 Å². The maximum atomic E-state index is 12.4. The number of amides is 2. The maximum absolute atomic E-state index is 12.4. The van der Waals surface area contributed by atoms with E-state index in [4.69, 9.17) is 19.9 Å². The van der Waals surface area contributed by atoms with E-state index in [0.29, 0.717) is 22.8 Å². The molecule has 3 N–H and O–H groups in total. The summed E-state index contributed by atoms with van der Waals surface area (Å²) in [5.74, 6) is 0.537. The van der Waals surface area contributed by atoms with Gasteiger partial charge in [-0.2, -0.15) is 0 Å². The molecule has 8 heteroatoms. The number of hydrogen-bond donors (Lipinski definition) is 2. The van der Waals surface area contributed by atoms with Gasteiger partial charge in [-0.25, -0.2) is 9.59 Å². The third-order valence-corrected chi connectivity index (χ3v) is 4.01. The molecule has 0 aromatic heterocycles. The predicted octanol–water partition coefficient (Wildman–Crippen LogP) is 5.57. The summed E-state index contributed by atoms with van der Waals surface area (Å²) in [6, 6.07) is 12.3. The molecule has 0 saturated heterocycles. The van der Waals surface area contributed by atoms with Crippen LogP contribution in [0.4, 0.5) is 26.7 Å². The number of benzene rings is 2. The average Bonchev–Trinajstić information content (AvgIpc) is 2.64. The molecule has 174 valence electrons. The van der Waals surface area contributed by atoms with Crippen molar-refractivity contribution in [2.75, 3.05) is 23.0 Å². The zero-order valence-corrected chi connectivity index (χ0v) is 19.8. The standard InChI is InChI=1S/C24H33N3O5/c1-23(2,3)31-21(28)26-17-10-8-9-16(13-17)15-30-18-11-12-19(25)20(14-18)27(7)22(29)32-24(4,5)6/h8-14H,15,25H2,1-7H3,(H,26,28). The number of carbonyl (C=O) groups excluding carboxylic acids is 2. The SMILES string of the molecule is CN(C(=O)OC(C)(C)C)c1cc(OCc2cccc(NC(=O)OC(C)(C)C)c2)ccc1N. The van der Waals surface area contributed by atoms with Crippen LogP contribution in [0.2, 0.25) is 0 Å². The zero-order chi connectivity index (χ0) is 24.1. The first kappa shape index (κ1) is 24.8. The van der Waals surface area contributed by atoms with E-state index in [1.807, 2.05) is 12.1 Å². The number of nitrogens with two attached hydrogens (primary N) is 1. The van der Waals surface area contributed by atoms with Gasteiger partial charge in [-0.1, -0.05) is 12.1 Å². The molecule has 0 aliphatic carbocycles. The van der Waals surface area contributed by atoms with Crippen molar-refractivity contribution in [2.24, 2.45) is 0 Å². The quantitative estimate of drug-likeness (QED) is 0.586. The Kier molecular flexibility index (Phi) is 7.61. The highest BCUT2D eigenvalue weighted by Gasteiger charge is 2.22. The van der Waals surface area contributed by atoms with Gasteiger partial charge in [0.15, 0.2) is 0 Å². The lowest BCUT2D eigenvalue weighted by Gasteiger charge is -2.25. The number of nitrogen functional groups attached to an aromatic ring is 1. The first-order valence-electron chi connectivity index (χ1n) is 10.3. The number of rotatable bonds is 5. The summed E-state index contributed by atoms with van der Waals surface area (Å²) in [6.45, 7) is 11.1. The van der Waals surface area contributed by atoms with Crippen molar-refractivity contribution in [3.8, 4) is 5.75 Å². The summed E-state index contributed by atoms with van der Waals surface area (Å²) in [5, 5.41) is 2.71. The molecule has 32 heavy (non-hydrogen) atoms. The molecule has 0 atom stereocenters. The number of anilines is 3. The fourth-order valence-electron chi connectivity index (χ4n) is 2.66. The first-order valence-corrected chi connectivity index (χ1v) is 10.3. The van der Waals surface area contributed by atoms with E-state index in [1.54, 1.807) is 78.9 Å². The Morgan fingerprint density at radius 1 is 0.969 bits per heavy atom. The second kappa shape index (κ2) is 9.80. The van der Waals surface area contributed by atoms with Crippen LogP contribution >= 0.6 is 0 Å². The topological polar surface area (TPSA) is 103 Å². The summed E-state index contributed by atoms with van der Waals surface area (Å²) >= 11 is 0. The molecule has 0 aliphatic heterocycles. The molecule has 0 fully saturated rings. The summed E-state index contributed by atoms with van der Waals surface area (Å²) in [7, 11) is 1.59. The fraction of sp³-hybridized carbons (Fsp3) is 0.417. The van der Waals surface area contributed by atoms with Gasteiger partial charge in [-0.05, 0) is 71.4 Å². The van der Waals surface area contributed by atoms with Crippen LogP contribution in [0.3, 0.4) is 0 Å². The normalized spacial score (nSPS) is 11.5. The van der Waals surface area contributed by atoms with Crippen LogP contribution in [-0.4, -0.2) is 30.4 Å². The molecule has 0 unspecified atom stereocenters. The van der Waals surface area contributed by atoms with Crippen molar-refractivity contribution in [3.05, 3.63) is 48.0 Å². The van der Waals surface area contributed by atoms with Gasteiger partial charge in [0.25, 0.3) is 0 Å². The summed E-state index contributed by atoms with van der Waals surface area (Å²) in [6.07, 6.45) is -1.04. The molecule has 2 rings (SSSR count). The van der Waals surface area contributed by atoms with E-state index in [-0.39, 0.29) is 6.61 Å². The van der Waals surface area contributed by atoms with Gasteiger partial charge in [0.1, 0.15) is 23.6 Å². The van der Waals surface area contributed by atoms with E-state index in [9.17, 15) is 9.59 Å². The third kappa shape index (κ3) is 8.02. The number of carbonyl (C=O) groups is 2. The van der Waals surface area contributed by atoms with Crippen LogP contribution in [0.25, 0.3) is 0 Å². The molecule has 0 saturated carbocycles. The van der Waals surface area contributed by atoms with Gasteiger partial charge in [-0.15, -0.1) is 0 Å². The molecule has 2 aromatic carbocycles. The minimum absolute atomic E-state index is 0.253. The number of nitrogens with zero attached hydrogens (tertiary/aromatic N) is 1. The van der Waals surface area contributed by atoms with Crippen LogP contribution in [0, 0.1) is 0 Å². The summed E-state index contributed by atoms with van der Waals surface area (Å²) in [5.41, 5.74) is 7.21. The molecule has 2 aromatic rings. The van der Waals surface area contributed by atoms with Crippen LogP contribution in [0.5, 0.6) is 5.75 Å². The van der Waals surface area contributed by atoms with Crippen LogP contribution in [-0.2, 0) is 16.1 Å². The van der Waals surface area contributed by atoms with Crippen LogP contribution < -0.4 is 20.7 Å². The maximum Gasteiger partial charge on any atom is 0.414 e. The number of nitrogens with one attached hydrogen (secondary N) is 1. The van der Waals surface area contributed by atoms with Crippen molar-refractivity contribution in [2.45, 2.75) is 59.4 Å². The summed E-state index contributed by atoms with van der Waals surface area (Å²) in [4.78, 5) is 25.7. The Hall–Kier alpha value is -3.42. The minimum Gasteiger partial charge on any atom is -0.489 e. The van der Waals surface area contributed by atoms with E-state index in [1.165, 1.54) is 4.90 Å². The third-order valence-electron chi connectivity index (χ3n) is 4.01. The van der Waals surface area contributed by atoms with E-state index >= 15 is 0 Å². The Morgan fingerprint density at radius 2 is 1.62 bits per heavy atom. The minimum atomic E-state index is -0.618. The molecule has 2 amide bonds. The Morgan fingerprint density at radius 3 is 2.25 bits per heavy atom. The lowest BCUT2D eigenvalue weighted by atomic mass is 10.2. The zero-order valence-electron chi connectivity index (χ0n) is 19.8. The summed E-state index contributed by atoms with van der Waals surface area (Å²) < 4.78 is 16.6. The Labute approximate surface area is 189 Å². The molecule has 0 spiro atoms. The number of ether oxygens (including phenoxy) is 3. The lowest BCUT2D eigenvalue weighted by Crippen LogP contribution is -2.34. The molecular weight excluding hydrogens is 410 g/mol. The van der Waals surface area contributed by atoms with Crippen LogP contribution in [0.15, 0.2) is 42.5 Å². The van der Waals surface area contributed by atoms with Gasteiger partial charge < -0.3 is 19.9 Å². The van der Waals surface area contributed by atoms with Crippen LogP contribution in [0.1, 0.15) is 47.1 Å². The predicted molar refractivity (Wildman–Crippen MR) is 126 cm³/mol. The van der Waals surface area contributed by atoms with Gasteiger partial charge in [0.05, 0.1) is 11.4 Å². The van der Waals surface area contributed by atoms with Gasteiger partial charge in [-0.3, -0.25) is 10.2 Å². The lowest BCUT2D eigenvalue weighted by molar-refractivity contribution is 0.0587. The van der Waals surface area contributed by atoms with Crippen molar-refractivity contribution < 1.29 is 23.8 Å². The molecule has 8 nitrogen and oxygen atoms in total. The Bertz CT molecular complexity index is 961. The highest BCUT2D eigenvalue weighted by atomic mass is 16.6. The molecule has 0 aliphatic rings. The van der Waals surface area contributed by atoms with E-state index in [2.05, 4.69) is 5.32 Å². The number of hydrogen-bond acceptors (Lipinski definition) is 6. The average molecular weight is 444 g/mol. The second-order valence-corrected chi connectivity index (χ2v) is 9.38. The Balaban J connectivity index is 2.06. The fourth-order valence-corrected chi connectivity index (χ4v) is 2.66. The molecular formula is C24H33N3O5. The monoisotopic (exact) mass is 443 g/mol. The van der Waals surface area contributed by atoms with Crippen molar-refractivity contribution in [3.63, 3.8) is 0 Å². The van der Waals surface area contributed by atoms with Gasteiger partial charge in [0, 0.05) is 18.8 Å². The largest absolute Gasteiger partial charge is 0.489 e. The second-order valence-electron chi connectivity index (χ2n) is 9.38.